The van der Waals surface area contributed by atoms with E-state index in [4.69, 9.17) is 9.47 Å². The van der Waals surface area contributed by atoms with Crippen molar-refractivity contribution < 1.29 is 22.7 Å². The van der Waals surface area contributed by atoms with Gasteiger partial charge in [-0.1, -0.05) is 26.2 Å². The van der Waals surface area contributed by atoms with Crippen molar-refractivity contribution in [2.75, 3.05) is 20.8 Å². The van der Waals surface area contributed by atoms with Crippen LogP contribution >= 0.6 is 0 Å². The highest BCUT2D eigenvalue weighted by molar-refractivity contribution is 7.89. The number of hydrogen-bond donors (Lipinski definition) is 1. The standard InChI is InChI=1S/C20H32N2O5S/c1-5-15(2)21-20(23)14-22(16-9-7-6-8-10-16)28(24,25)17-11-12-18(26-3)19(13-17)27-4/h11-13,15-16H,5-10,14H2,1-4H3,(H,21,23)/t15-/m0/s1. The third kappa shape index (κ3) is 5.38. The number of rotatable bonds is 9. The number of ether oxygens (including phenoxy) is 2. The molecule has 0 bridgehead atoms. The summed E-state index contributed by atoms with van der Waals surface area (Å²) in [5.41, 5.74) is 0. The van der Waals surface area contributed by atoms with E-state index < -0.39 is 10.0 Å². The van der Waals surface area contributed by atoms with Crippen LogP contribution in [0, 0.1) is 0 Å². The van der Waals surface area contributed by atoms with Crippen LogP contribution in [0.15, 0.2) is 23.1 Å². The van der Waals surface area contributed by atoms with E-state index in [1.807, 2.05) is 13.8 Å². The van der Waals surface area contributed by atoms with Crippen LogP contribution in [0.1, 0.15) is 52.4 Å². The molecule has 2 rings (SSSR count). The van der Waals surface area contributed by atoms with Crippen molar-refractivity contribution in [2.24, 2.45) is 0 Å². The molecule has 1 fully saturated rings. The molecule has 7 nitrogen and oxygen atoms in total. The van der Waals surface area contributed by atoms with Crippen molar-refractivity contribution in [3.63, 3.8) is 0 Å². The maximum Gasteiger partial charge on any atom is 0.243 e. The van der Waals surface area contributed by atoms with Gasteiger partial charge in [0.15, 0.2) is 11.5 Å². The monoisotopic (exact) mass is 412 g/mol. The Bertz CT molecular complexity index is 760. The molecule has 0 aromatic heterocycles. The molecule has 0 heterocycles. The van der Waals surface area contributed by atoms with Gasteiger partial charge in [-0.3, -0.25) is 4.79 Å². The van der Waals surface area contributed by atoms with E-state index in [1.54, 1.807) is 6.07 Å². The van der Waals surface area contributed by atoms with Crippen LogP contribution in [0.2, 0.25) is 0 Å². The summed E-state index contributed by atoms with van der Waals surface area (Å²) in [7, 11) is -0.894. The first-order valence-electron chi connectivity index (χ1n) is 9.86. The molecular weight excluding hydrogens is 380 g/mol. The molecule has 1 aromatic rings. The molecule has 1 amide bonds. The van der Waals surface area contributed by atoms with Crippen molar-refractivity contribution in [3.8, 4) is 11.5 Å². The first-order chi connectivity index (χ1) is 13.3. The molecule has 1 atom stereocenters. The van der Waals surface area contributed by atoms with E-state index in [-0.39, 0.29) is 29.4 Å². The number of methoxy groups -OCH3 is 2. The summed E-state index contributed by atoms with van der Waals surface area (Å²) in [4.78, 5) is 12.6. The average Bonchev–Trinajstić information content (AvgIpc) is 2.71. The molecule has 1 aliphatic carbocycles. The fraction of sp³-hybridized carbons (Fsp3) is 0.650. The molecule has 1 N–H and O–H groups in total. The lowest BCUT2D eigenvalue weighted by molar-refractivity contribution is -0.122. The molecule has 0 radical (unpaired) electrons. The molecule has 0 aliphatic heterocycles. The summed E-state index contributed by atoms with van der Waals surface area (Å²) < 4.78 is 38.7. The summed E-state index contributed by atoms with van der Waals surface area (Å²) >= 11 is 0. The van der Waals surface area contributed by atoms with E-state index in [9.17, 15) is 13.2 Å². The van der Waals surface area contributed by atoms with Gasteiger partial charge in [-0.25, -0.2) is 8.42 Å². The molecule has 0 spiro atoms. The van der Waals surface area contributed by atoms with Gasteiger partial charge in [0.2, 0.25) is 15.9 Å². The number of nitrogens with one attached hydrogen (secondary N) is 1. The summed E-state index contributed by atoms with van der Waals surface area (Å²) in [6.45, 7) is 3.71. The van der Waals surface area contributed by atoms with Crippen LogP contribution in [-0.4, -0.2) is 51.5 Å². The second-order valence-electron chi connectivity index (χ2n) is 7.24. The number of sulfonamides is 1. The number of hydrogen-bond acceptors (Lipinski definition) is 5. The summed E-state index contributed by atoms with van der Waals surface area (Å²) in [5.74, 6) is 0.528. The summed E-state index contributed by atoms with van der Waals surface area (Å²) in [6.07, 6.45) is 5.36. The number of nitrogens with zero attached hydrogens (tertiary/aromatic N) is 1. The van der Waals surface area contributed by atoms with Gasteiger partial charge in [-0.2, -0.15) is 4.31 Å². The van der Waals surface area contributed by atoms with Gasteiger partial charge in [-0.05, 0) is 38.3 Å². The fourth-order valence-electron chi connectivity index (χ4n) is 3.46. The van der Waals surface area contributed by atoms with E-state index in [0.29, 0.717) is 11.5 Å². The van der Waals surface area contributed by atoms with Crippen LogP contribution < -0.4 is 14.8 Å². The molecule has 1 saturated carbocycles. The largest absolute Gasteiger partial charge is 0.493 e. The van der Waals surface area contributed by atoms with Crippen LogP contribution in [0.4, 0.5) is 0 Å². The molecule has 0 saturated heterocycles. The van der Waals surface area contributed by atoms with Crippen molar-refractivity contribution >= 4 is 15.9 Å². The quantitative estimate of drug-likeness (QED) is 0.674. The third-order valence-electron chi connectivity index (χ3n) is 5.26. The van der Waals surface area contributed by atoms with Gasteiger partial charge in [0.1, 0.15) is 0 Å². The lowest BCUT2D eigenvalue weighted by Crippen LogP contribution is -2.48. The van der Waals surface area contributed by atoms with E-state index in [1.165, 1.54) is 30.7 Å². The highest BCUT2D eigenvalue weighted by atomic mass is 32.2. The maximum atomic E-state index is 13.4. The van der Waals surface area contributed by atoms with E-state index in [0.717, 1.165) is 38.5 Å². The predicted octanol–water partition coefficient (Wildman–Crippen LogP) is 2.94. The van der Waals surface area contributed by atoms with E-state index in [2.05, 4.69) is 5.32 Å². The van der Waals surface area contributed by atoms with Gasteiger partial charge >= 0.3 is 0 Å². The third-order valence-corrected chi connectivity index (χ3v) is 7.16. The topological polar surface area (TPSA) is 84.9 Å². The number of amides is 1. The van der Waals surface area contributed by atoms with Crippen molar-refractivity contribution in [3.05, 3.63) is 18.2 Å². The summed E-state index contributed by atoms with van der Waals surface area (Å²) in [6, 6.07) is 4.36. The van der Waals surface area contributed by atoms with Crippen molar-refractivity contribution in [1.29, 1.82) is 0 Å². The molecule has 0 unspecified atom stereocenters. The zero-order valence-corrected chi connectivity index (χ0v) is 18.0. The smallest absolute Gasteiger partial charge is 0.243 e. The minimum atomic E-state index is -3.86. The second kappa shape index (κ2) is 10.1. The predicted molar refractivity (Wildman–Crippen MR) is 108 cm³/mol. The Labute approximate surface area is 168 Å². The van der Waals surface area contributed by atoms with Crippen molar-refractivity contribution in [1.82, 2.24) is 9.62 Å². The normalized spacial score (nSPS) is 16.6. The first-order valence-corrected chi connectivity index (χ1v) is 11.3. The SMILES string of the molecule is CC[C@H](C)NC(=O)CN(C1CCCCC1)S(=O)(=O)c1ccc(OC)c(OC)c1. The Hall–Kier alpha value is -1.80. The van der Waals surface area contributed by atoms with Crippen LogP contribution in [0.5, 0.6) is 11.5 Å². The Kier molecular flexibility index (Phi) is 8.12. The van der Waals surface area contributed by atoms with Gasteiger partial charge in [0, 0.05) is 18.2 Å². The second-order valence-corrected chi connectivity index (χ2v) is 9.13. The number of carbonyl (C=O) groups is 1. The molecule has 1 aliphatic rings. The maximum absolute atomic E-state index is 13.4. The Balaban J connectivity index is 2.35. The molecule has 28 heavy (non-hydrogen) atoms. The van der Waals surface area contributed by atoms with E-state index >= 15 is 0 Å². The minimum Gasteiger partial charge on any atom is -0.493 e. The van der Waals surface area contributed by atoms with Gasteiger partial charge in [0.25, 0.3) is 0 Å². The lowest BCUT2D eigenvalue weighted by atomic mass is 9.95. The zero-order valence-electron chi connectivity index (χ0n) is 17.2. The highest BCUT2D eigenvalue weighted by Gasteiger charge is 2.34. The Morgan fingerprint density at radius 3 is 2.39 bits per heavy atom. The lowest BCUT2D eigenvalue weighted by Gasteiger charge is -2.33. The number of carbonyl (C=O) groups excluding carboxylic acids is 1. The molecule has 158 valence electrons. The average molecular weight is 413 g/mol. The minimum absolute atomic E-state index is 0.00416. The van der Waals surface area contributed by atoms with Crippen LogP contribution in [0.3, 0.4) is 0 Å². The van der Waals surface area contributed by atoms with Crippen LogP contribution in [-0.2, 0) is 14.8 Å². The molecule has 1 aromatic carbocycles. The Morgan fingerprint density at radius 2 is 1.82 bits per heavy atom. The molecule has 8 heteroatoms. The fourth-order valence-corrected chi connectivity index (χ4v) is 5.11. The Morgan fingerprint density at radius 1 is 1.18 bits per heavy atom. The number of benzene rings is 1. The van der Waals surface area contributed by atoms with Gasteiger partial charge < -0.3 is 14.8 Å². The van der Waals surface area contributed by atoms with Crippen LogP contribution in [0.25, 0.3) is 0 Å². The zero-order chi connectivity index (χ0) is 20.7. The summed E-state index contributed by atoms with van der Waals surface area (Å²) in [5, 5.41) is 2.87. The first kappa shape index (κ1) is 22.5. The highest BCUT2D eigenvalue weighted by Crippen LogP contribution is 2.33. The molecular formula is C20H32N2O5S. The van der Waals surface area contributed by atoms with Gasteiger partial charge in [-0.15, -0.1) is 0 Å². The van der Waals surface area contributed by atoms with Gasteiger partial charge in [0.05, 0.1) is 25.7 Å². The van der Waals surface area contributed by atoms with Crippen molar-refractivity contribution in [2.45, 2.75) is 69.4 Å².